The number of esters is 1. The standard InChI is InChI=1S/C16H22N2O5S/c1-4-23-16(21)13-10(2)14(11(3)19)24-15(13)17-12(20)9-18-5-7-22-8-6-18/h4-9H2,1-3H3,(H,17,20). The number of ketones is 1. The number of carbonyl (C=O) groups is 3. The fourth-order valence-corrected chi connectivity index (χ4v) is 3.62. The SMILES string of the molecule is CCOC(=O)c1c(NC(=O)CN2CCOCC2)sc(C(C)=O)c1C. The molecule has 2 heterocycles. The smallest absolute Gasteiger partial charge is 0.341 e. The Hall–Kier alpha value is -1.77. The molecule has 7 nitrogen and oxygen atoms in total. The van der Waals surface area contributed by atoms with Crippen LogP contribution in [0.2, 0.25) is 0 Å². The van der Waals surface area contributed by atoms with E-state index in [-0.39, 0.29) is 30.4 Å². The number of hydrogen-bond acceptors (Lipinski definition) is 7. The van der Waals surface area contributed by atoms with Crippen molar-refractivity contribution < 1.29 is 23.9 Å². The molecule has 1 N–H and O–H groups in total. The lowest BCUT2D eigenvalue weighted by molar-refractivity contribution is -0.118. The van der Waals surface area contributed by atoms with Gasteiger partial charge in [0.15, 0.2) is 5.78 Å². The van der Waals surface area contributed by atoms with Crippen LogP contribution in [0.3, 0.4) is 0 Å². The molecule has 132 valence electrons. The molecule has 0 aromatic carbocycles. The first-order valence-corrected chi connectivity index (χ1v) is 8.67. The number of morpholine rings is 1. The van der Waals surface area contributed by atoms with Gasteiger partial charge in [0, 0.05) is 13.1 Å². The van der Waals surface area contributed by atoms with Gasteiger partial charge in [-0.3, -0.25) is 14.5 Å². The highest BCUT2D eigenvalue weighted by Gasteiger charge is 2.25. The molecule has 1 aromatic heterocycles. The zero-order valence-corrected chi connectivity index (χ0v) is 15.0. The Balaban J connectivity index is 2.18. The lowest BCUT2D eigenvalue weighted by Crippen LogP contribution is -2.41. The van der Waals surface area contributed by atoms with Gasteiger partial charge < -0.3 is 14.8 Å². The van der Waals surface area contributed by atoms with E-state index in [1.54, 1.807) is 13.8 Å². The van der Waals surface area contributed by atoms with Gasteiger partial charge in [-0.25, -0.2) is 4.79 Å². The summed E-state index contributed by atoms with van der Waals surface area (Å²) in [5, 5.41) is 3.13. The first-order chi connectivity index (χ1) is 11.4. The van der Waals surface area contributed by atoms with Crippen LogP contribution in [0.5, 0.6) is 0 Å². The summed E-state index contributed by atoms with van der Waals surface area (Å²) in [4.78, 5) is 38.6. The lowest BCUT2D eigenvalue weighted by Gasteiger charge is -2.25. The second-order valence-corrected chi connectivity index (χ2v) is 6.49. The molecule has 8 heteroatoms. The summed E-state index contributed by atoms with van der Waals surface area (Å²) in [6.45, 7) is 7.89. The molecule has 1 fully saturated rings. The number of nitrogens with one attached hydrogen (secondary N) is 1. The largest absolute Gasteiger partial charge is 0.462 e. The summed E-state index contributed by atoms with van der Waals surface area (Å²) in [5.41, 5.74) is 0.815. The van der Waals surface area contributed by atoms with Gasteiger partial charge in [0.25, 0.3) is 0 Å². The Morgan fingerprint density at radius 2 is 1.96 bits per heavy atom. The van der Waals surface area contributed by atoms with Crippen molar-refractivity contribution in [2.45, 2.75) is 20.8 Å². The molecule has 0 radical (unpaired) electrons. The average Bonchev–Trinajstić information content (AvgIpc) is 2.85. The predicted octanol–water partition coefficient (Wildman–Crippen LogP) is 1.71. The van der Waals surface area contributed by atoms with Crippen molar-refractivity contribution >= 4 is 34.0 Å². The Bertz CT molecular complexity index is 635. The minimum absolute atomic E-state index is 0.142. The van der Waals surface area contributed by atoms with Crippen molar-refractivity contribution in [2.75, 3.05) is 44.8 Å². The second kappa shape index (κ2) is 8.36. The van der Waals surface area contributed by atoms with E-state index >= 15 is 0 Å². The highest BCUT2D eigenvalue weighted by molar-refractivity contribution is 7.18. The van der Waals surface area contributed by atoms with Gasteiger partial charge in [0.1, 0.15) is 5.00 Å². The van der Waals surface area contributed by atoms with Crippen LogP contribution in [0.1, 0.15) is 39.4 Å². The molecular weight excluding hydrogens is 332 g/mol. The quantitative estimate of drug-likeness (QED) is 0.618. The molecule has 0 aliphatic carbocycles. The predicted molar refractivity (Wildman–Crippen MR) is 90.9 cm³/mol. The summed E-state index contributed by atoms with van der Waals surface area (Å²) in [5.74, 6) is -0.893. The minimum atomic E-state index is -0.527. The third-order valence-corrected chi connectivity index (χ3v) is 4.98. The first-order valence-electron chi connectivity index (χ1n) is 7.85. The van der Waals surface area contributed by atoms with Crippen LogP contribution in [0, 0.1) is 6.92 Å². The molecule has 1 saturated heterocycles. The molecule has 24 heavy (non-hydrogen) atoms. The van der Waals surface area contributed by atoms with E-state index in [9.17, 15) is 14.4 Å². The van der Waals surface area contributed by atoms with Gasteiger partial charge >= 0.3 is 5.97 Å². The van der Waals surface area contributed by atoms with E-state index in [0.717, 1.165) is 11.3 Å². The van der Waals surface area contributed by atoms with Crippen molar-refractivity contribution in [1.82, 2.24) is 4.90 Å². The fourth-order valence-electron chi connectivity index (χ4n) is 2.51. The third-order valence-electron chi connectivity index (χ3n) is 3.67. The molecule has 0 bridgehead atoms. The first kappa shape index (κ1) is 18.6. The molecule has 1 aliphatic rings. The van der Waals surface area contributed by atoms with Gasteiger partial charge in [0.2, 0.25) is 5.91 Å². The number of carbonyl (C=O) groups excluding carboxylic acids is 3. The number of ether oxygens (including phenoxy) is 2. The molecule has 0 atom stereocenters. The summed E-state index contributed by atoms with van der Waals surface area (Å²) < 4.78 is 10.3. The van der Waals surface area contributed by atoms with Crippen molar-refractivity contribution in [3.63, 3.8) is 0 Å². The van der Waals surface area contributed by atoms with Crippen LogP contribution < -0.4 is 5.32 Å². The molecule has 0 unspecified atom stereocenters. The summed E-state index contributed by atoms with van der Waals surface area (Å²) in [7, 11) is 0. The summed E-state index contributed by atoms with van der Waals surface area (Å²) >= 11 is 1.11. The molecule has 0 saturated carbocycles. The Morgan fingerprint density at radius 3 is 2.54 bits per heavy atom. The van der Waals surface area contributed by atoms with E-state index < -0.39 is 5.97 Å². The van der Waals surface area contributed by atoms with Gasteiger partial charge in [-0.05, 0) is 26.3 Å². The number of rotatable bonds is 6. The maximum absolute atomic E-state index is 12.3. The highest BCUT2D eigenvalue weighted by Crippen LogP contribution is 2.34. The Labute approximate surface area is 144 Å². The van der Waals surface area contributed by atoms with Crippen LogP contribution >= 0.6 is 11.3 Å². The minimum Gasteiger partial charge on any atom is -0.462 e. The number of amides is 1. The second-order valence-electron chi connectivity index (χ2n) is 5.47. The maximum Gasteiger partial charge on any atom is 0.341 e. The number of anilines is 1. The number of hydrogen-bond donors (Lipinski definition) is 1. The van der Waals surface area contributed by atoms with E-state index in [1.165, 1.54) is 6.92 Å². The number of Topliss-reactive ketones (excluding diaryl/α,β-unsaturated/α-hetero) is 1. The molecule has 1 aromatic rings. The number of thiophene rings is 1. The van der Waals surface area contributed by atoms with Crippen molar-refractivity contribution in [1.29, 1.82) is 0 Å². The van der Waals surface area contributed by atoms with E-state index in [4.69, 9.17) is 9.47 Å². The fraction of sp³-hybridized carbons (Fsp3) is 0.562. The van der Waals surface area contributed by atoms with Crippen molar-refractivity contribution in [3.8, 4) is 0 Å². The van der Waals surface area contributed by atoms with Crippen LogP contribution in [0.25, 0.3) is 0 Å². The molecule has 1 amide bonds. The van der Waals surface area contributed by atoms with E-state index in [1.807, 2.05) is 4.90 Å². The van der Waals surface area contributed by atoms with Gasteiger partial charge in [0.05, 0.1) is 36.8 Å². The Kier molecular flexibility index (Phi) is 6.47. The number of nitrogens with zero attached hydrogens (tertiary/aromatic N) is 1. The normalized spacial score (nSPS) is 15.1. The zero-order valence-electron chi connectivity index (χ0n) is 14.1. The van der Waals surface area contributed by atoms with Gasteiger partial charge in [-0.15, -0.1) is 11.3 Å². The van der Waals surface area contributed by atoms with Crippen molar-refractivity contribution in [3.05, 3.63) is 16.0 Å². The maximum atomic E-state index is 12.3. The average molecular weight is 354 g/mol. The molecule has 0 spiro atoms. The lowest BCUT2D eigenvalue weighted by atomic mass is 10.1. The Morgan fingerprint density at radius 1 is 1.29 bits per heavy atom. The van der Waals surface area contributed by atoms with Crippen LogP contribution in [0.4, 0.5) is 5.00 Å². The summed E-state index contributed by atoms with van der Waals surface area (Å²) in [6.07, 6.45) is 0. The topological polar surface area (TPSA) is 84.9 Å². The molecular formula is C16H22N2O5S. The van der Waals surface area contributed by atoms with Crippen LogP contribution in [-0.4, -0.2) is 62.0 Å². The van der Waals surface area contributed by atoms with Crippen molar-refractivity contribution in [2.24, 2.45) is 0 Å². The molecule has 2 rings (SSSR count). The molecule has 1 aliphatic heterocycles. The van der Waals surface area contributed by atoms with E-state index in [2.05, 4.69) is 5.32 Å². The van der Waals surface area contributed by atoms with Crippen LogP contribution in [-0.2, 0) is 14.3 Å². The monoisotopic (exact) mass is 354 g/mol. The highest BCUT2D eigenvalue weighted by atomic mass is 32.1. The summed E-state index contributed by atoms with van der Waals surface area (Å²) in [6, 6.07) is 0. The van der Waals surface area contributed by atoms with E-state index in [0.29, 0.717) is 41.7 Å². The van der Waals surface area contributed by atoms with Gasteiger partial charge in [-0.1, -0.05) is 0 Å². The third kappa shape index (κ3) is 4.40. The zero-order chi connectivity index (χ0) is 17.7. The van der Waals surface area contributed by atoms with Crippen LogP contribution in [0.15, 0.2) is 0 Å². The van der Waals surface area contributed by atoms with Gasteiger partial charge in [-0.2, -0.15) is 0 Å².